The van der Waals surface area contributed by atoms with Gasteiger partial charge in [0.25, 0.3) is 10.0 Å². The molecule has 2 heterocycles. The SMILES string of the molecule is COc1c2ccoc2c(S(=O)(=O)NC(=O)Nc2ccc(Cl)c(Cl)c2)c2oc(C)cc(=O)c12. The molecule has 2 amide bonds. The zero-order valence-corrected chi connectivity index (χ0v) is 18.8. The molecular formula is C20H14Cl2N2O7S. The van der Waals surface area contributed by atoms with E-state index in [2.05, 4.69) is 5.32 Å². The Morgan fingerprint density at radius 1 is 1.09 bits per heavy atom. The first kappa shape index (κ1) is 22.0. The van der Waals surface area contributed by atoms with Crippen LogP contribution in [0.2, 0.25) is 10.0 Å². The van der Waals surface area contributed by atoms with Crippen LogP contribution in [0.15, 0.2) is 55.1 Å². The standard InChI is InChI=1S/C20H14Cl2N2O7S/c1-9-7-14(25)15-16(29-2)11-5-6-30-17(11)19(18(15)31-9)32(27,28)24-20(26)23-10-3-4-12(21)13(22)8-10/h3-8H,1-2H3,(H2,23,24,26). The Bertz CT molecular complexity index is 1560. The van der Waals surface area contributed by atoms with Crippen LogP contribution >= 0.6 is 23.2 Å². The molecule has 0 unspecified atom stereocenters. The molecule has 0 atom stereocenters. The van der Waals surface area contributed by atoms with Gasteiger partial charge in [0.05, 0.1) is 28.8 Å². The van der Waals surface area contributed by atoms with Crippen LogP contribution in [-0.4, -0.2) is 21.6 Å². The van der Waals surface area contributed by atoms with Crippen molar-refractivity contribution in [2.24, 2.45) is 0 Å². The van der Waals surface area contributed by atoms with Gasteiger partial charge in [0, 0.05) is 11.8 Å². The van der Waals surface area contributed by atoms with Crippen LogP contribution in [0.5, 0.6) is 5.75 Å². The first-order valence-corrected chi connectivity index (χ1v) is 11.2. The van der Waals surface area contributed by atoms with E-state index in [1.165, 1.54) is 50.6 Å². The molecule has 0 saturated heterocycles. The lowest BCUT2D eigenvalue weighted by atomic mass is 10.1. The van der Waals surface area contributed by atoms with E-state index in [4.69, 9.17) is 36.8 Å². The number of fused-ring (bicyclic) bond motifs is 2. The number of sulfonamides is 1. The molecule has 0 saturated carbocycles. The highest BCUT2D eigenvalue weighted by Crippen LogP contribution is 2.39. The Balaban J connectivity index is 1.85. The lowest BCUT2D eigenvalue weighted by Crippen LogP contribution is -2.34. The Labute approximate surface area is 190 Å². The molecule has 0 bridgehead atoms. The number of hydrogen-bond donors (Lipinski definition) is 2. The van der Waals surface area contributed by atoms with E-state index in [9.17, 15) is 18.0 Å². The summed E-state index contributed by atoms with van der Waals surface area (Å²) in [7, 11) is -3.25. The van der Waals surface area contributed by atoms with Crippen molar-refractivity contribution in [1.82, 2.24) is 4.72 Å². The Hall–Kier alpha value is -3.21. The highest BCUT2D eigenvalue weighted by molar-refractivity contribution is 7.90. The lowest BCUT2D eigenvalue weighted by molar-refractivity contribution is 0.256. The van der Waals surface area contributed by atoms with Gasteiger partial charge < -0.3 is 18.9 Å². The minimum Gasteiger partial charge on any atom is -0.495 e. The quantitative estimate of drug-likeness (QED) is 0.419. The molecule has 0 spiro atoms. The number of halogens is 2. The molecule has 0 fully saturated rings. The zero-order valence-electron chi connectivity index (χ0n) is 16.5. The lowest BCUT2D eigenvalue weighted by Gasteiger charge is -2.13. The number of amides is 2. The molecule has 4 aromatic rings. The summed E-state index contributed by atoms with van der Waals surface area (Å²) in [5.41, 5.74) is -0.750. The van der Waals surface area contributed by atoms with Crippen molar-refractivity contribution >= 4 is 66.9 Å². The van der Waals surface area contributed by atoms with Crippen molar-refractivity contribution in [3.05, 3.63) is 62.6 Å². The number of methoxy groups -OCH3 is 1. The molecule has 166 valence electrons. The number of hydrogen-bond acceptors (Lipinski definition) is 7. The largest absolute Gasteiger partial charge is 0.495 e. The van der Waals surface area contributed by atoms with Gasteiger partial charge in [0.15, 0.2) is 21.5 Å². The van der Waals surface area contributed by atoms with Crippen molar-refractivity contribution in [3.8, 4) is 5.75 Å². The maximum absolute atomic E-state index is 13.2. The smallest absolute Gasteiger partial charge is 0.333 e. The fraction of sp³-hybridized carbons (Fsp3) is 0.100. The number of anilines is 1. The van der Waals surface area contributed by atoms with Gasteiger partial charge in [-0.2, -0.15) is 0 Å². The number of carbonyl (C=O) groups is 1. The van der Waals surface area contributed by atoms with Crippen LogP contribution in [-0.2, 0) is 10.0 Å². The average Bonchev–Trinajstić information content (AvgIpc) is 3.17. The third kappa shape index (κ3) is 3.77. The number of benzene rings is 2. The van der Waals surface area contributed by atoms with Crippen LogP contribution in [0.25, 0.3) is 21.9 Å². The third-order valence-corrected chi connectivity index (χ3v) is 6.60. The summed E-state index contributed by atoms with van der Waals surface area (Å²) in [6, 6.07) is 5.80. The summed E-state index contributed by atoms with van der Waals surface area (Å²) in [4.78, 5) is 24.6. The minimum absolute atomic E-state index is 0.0942. The van der Waals surface area contributed by atoms with Crippen molar-refractivity contribution in [3.63, 3.8) is 0 Å². The second kappa shape index (κ2) is 8.05. The van der Waals surface area contributed by atoms with E-state index in [0.29, 0.717) is 0 Å². The van der Waals surface area contributed by atoms with E-state index >= 15 is 0 Å². The number of rotatable bonds is 4. The normalized spacial score (nSPS) is 11.6. The Kier molecular flexibility index (Phi) is 5.53. The van der Waals surface area contributed by atoms with Crippen molar-refractivity contribution in [2.75, 3.05) is 12.4 Å². The fourth-order valence-corrected chi connectivity index (χ4v) is 4.73. The molecule has 2 aromatic heterocycles. The topological polar surface area (TPSA) is 128 Å². The van der Waals surface area contributed by atoms with Gasteiger partial charge in [-0.3, -0.25) is 4.79 Å². The molecular weight excluding hydrogens is 483 g/mol. The van der Waals surface area contributed by atoms with Gasteiger partial charge in [0.2, 0.25) is 0 Å². The zero-order chi connectivity index (χ0) is 23.2. The highest BCUT2D eigenvalue weighted by atomic mass is 35.5. The van der Waals surface area contributed by atoms with Crippen LogP contribution in [0.3, 0.4) is 0 Å². The number of nitrogens with one attached hydrogen (secondary N) is 2. The van der Waals surface area contributed by atoms with Crippen molar-refractivity contribution < 1.29 is 26.8 Å². The van der Waals surface area contributed by atoms with Crippen molar-refractivity contribution in [2.45, 2.75) is 11.8 Å². The Morgan fingerprint density at radius 2 is 1.84 bits per heavy atom. The van der Waals surface area contributed by atoms with Gasteiger partial charge in [-0.15, -0.1) is 0 Å². The number of urea groups is 1. The summed E-state index contributed by atoms with van der Waals surface area (Å²) < 4.78 is 44.6. The minimum atomic E-state index is -4.58. The molecule has 9 nitrogen and oxygen atoms in total. The molecule has 2 N–H and O–H groups in total. The van der Waals surface area contributed by atoms with Crippen LogP contribution < -0.4 is 20.2 Å². The molecule has 0 aliphatic rings. The summed E-state index contributed by atoms with van der Waals surface area (Å²) in [6.07, 6.45) is 1.23. The molecule has 32 heavy (non-hydrogen) atoms. The van der Waals surface area contributed by atoms with Gasteiger partial charge in [-0.1, -0.05) is 23.2 Å². The molecule has 4 rings (SSSR count). The molecule has 12 heteroatoms. The van der Waals surface area contributed by atoms with Crippen LogP contribution in [0, 0.1) is 6.92 Å². The van der Waals surface area contributed by atoms with Gasteiger partial charge >= 0.3 is 6.03 Å². The van der Waals surface area contributed by atoms with E-state index in [1.54, 1.807) is 0 Å². The third-order valence-electron chi connectivity index (χ3n) is 4.50. The summed E-state index contributed by atoms with van der Waals surface area (Å²) in [5, 5.41) is 2.91. The summed E-state index contributed by atoms with van der Waals surface area (Å²) >= 11 is 11.8. The second-order valence-corrected chi connectivity index (χ2v) is 9.07. The number of ether oxygens (including phenoxy) is 1. The Morgan fingerprint density at radius 3 is 2.53 bits per heavy atom. The predicted octanol–water partition coefficient (Wildman–Crippen LogP) is 4.67. The predicted molar refractivity (Wildman–Crippen MR) is 119 cm³/mol. The number of carbonyl (C=O) groups excluding carboxylic acids is 1. The molecule has 0 radical (unpaired) electrons. The van der Waals surface area contributed by atoms with Gasteiger partial charge in [0.1, 0.15) is 16.9 Å². The molecule has 2 aromatic carbocycles. The monoisotopic (exact) mass is 496 g/mol. The van der Waals surface area contributed by atoms with Crippen LogP contribution in [0.4, 0.5) is 10.5 Å². The maximum atomic E-state index is 13.2. The van der Waals surface area contributed by atoms with Gasteiger partial charge in [-0.05, 0) is 31.2 Å². The maximum Gasteiger partial charge on any atom is 0.333 e. The second-order valence-electron chi connectivity index (χ2n) is 6.64. The van der Waals surface area contributed by atoms with Gasteiger partial charge in [-0.25, -0.2) is 17.9 Å². The highest BCUT2D eigenvalue weighted by Gasteiger charge is 2.31. The van der Waals surface area contributed by atoms with E-state index in [1.807, 2.05) is 4.72 Å². The van der Waals surface area contributed by atoms with E-state index in [-0.39, 0.29) is 49.2 Å². The van der Waals surface area contributed by atoms with E-state index in [0.717, 1.165) is 0 Å². The van der Waals surface area contributed by atoms with E-state index < -0.39 is 26.4 Å². The summed E-state index contributed by atoms with van der Waals surface area (Å²) in [6.45, 7) is 1.49. The number of aryl methyl sites for hydroxylation is 1. The molecule has 0 aliphatic carbocycles. The van der Waals surface area contributed by atoms with Crippen LogP contribution in [0.1, 0.15) is 5.76 Å². The average molecular weight is 497 g/mol. The first-order chi connectivity index (χ1) is 15.1. The fourth-order valence-electron chi connectivity index (χ4n) is 3.25. The first-order valence-electron chi connectivity index (χ1n) is 8.93. The summed E-state index contributed by atoms with van der Waals surface area (Å²) in [5.74, 6) is 0.254. The van der Waals surface area contributed by atoms with Crippen molar-refractivity contribution in [1.29, 1.82) is 0 Å². The molecule has 0 aliphatic heterocycles. The number of furan rings is 1.